The molecule has 1 aliphatic heterocycles. The lowest BCUT2D eigenvalue weighted by Gasteiger charge is -2.27. The molecule has 1 amide bonds. The van der Waals surface area contributed by atoms with Gasteiger partial charge in [-0.3, -0.25) is 4.79 Å². The van der Waals surface area contributed by atoms with Gasteiger partial charge in [0.25, 0.3) is 5.91 Å². The topological polar surface area (TPSA) is 29.5 Å². The third-order valence-corrected chi connectivity index (χ3v) is 5.51. The van der Waals surface area contributed by atoms with Crippen molar-refractivity contribution in [1.29, 1.82) is 0 Å². The van der Waals surface area contributed by atoms with Crippen molar-refractivity contribution in [3.05, 3.63) is 65.2 Å². The van der Waals surface area contributed by atoms with Crippen molar-refractivity contribution in [2.45, 2.75) is 57.3 Å². The number of anilines is 1. The maximum atomic E-state index is 13.2. The Morgan fingerprint density at radius 2 is 1.86 bits per heavy atom. The molecule has 2 aromatic rings. The van der Waals surface area contributed by atoms with Gasteiger partial charge in [0, 0.05) is 18.4 Å². The third kappa shape index (κ3) is 4.64. The van der Waals surface area contributed by atoms with E-state index in [0.29, 0.717) is 12.0 Å². The number of rotatable bonds is 8. The van der Waals surface area contributed by atoms with Crippen LogP contribution in [0.1, 0.15) is 66.6 Å². The van der Waals surface area contributed by atoms with Gasteiger partial charge in [0.15, 0.2) is 0 Å². The number of hydrogen-bond donors (Lipinski definition) is 0. The zero-order chi connectivity index (χ0) is 21.0. The van der Waals surface area contributed by atoms with Crippen LogP contribution in [0.2, 0.25) is 0 Å². The first kappa shape index (κ1) is 21.4. The summed E-state index contributed by atoms with van der Waals surface area (Å²) in [7, 11) is 1.68. The monoisotopic (exact) mass is 405 g/mol. The fourth-order valence-corrected chi connectivity index (χ4v) is 3.96. The van der Waals surface area contributed by atoms with Gasteiger partial charge < -0.3 is 9.64 Å². The molecule has 0 spiro atoms. The number of nitrogens with zero attached hydrogens (tertiary/aromatic N) is 1. The van der Waals surface area contributed by atoms with Crippen LogP contribution in [0.4, 0.5) is 18.9 Å². The number of ether oxygens (including phenoxy) is 1. The minimum Gasteiger partial charge on any atom is -0.381 e. The fourth-order valence-electron chi connectivity index (χ4n) is 3.96. The van der Waals surface area contributed by atoms with Crippen molar-refractivity contribution in [1.82, 2.24) is 0 Å². The van der Waals surface area contributed by atoms with Crippen LogP contribution in [0.15, 0.2) is 48.5 Å². The summed E-state index contributed by atoms with van der Waals surface area (Å²) in [4.78, 5) is 14.6. The van der Waals surface area contributed by atoms with Crippen LogP contribution in [-0.4, -0.2) is 19.1 Å². The van der Waals surface area contributed by atoms with Crippen LogP contribution in [0.5, 0.6) is 0 Å². The van der Waals surface area contributed by atoms with Gasteiger partial charge in [-0.05, 0) is 49.1 Å². The molecule has 3 nitrogen and oxygen atoms in total. The second-order valence-electron chi connectivity index (χ2n) is 7.40. The Morgan fingerprint density at radius 3 is 2.55 bits per heavy atom. The van der Waals surface area contributed by atoms with Crippen LogP contribution in [0.3, 0.4) is 0 Å². The molecule has 2 atom stereocenters. The van der Waals surface area contributed by atoms with Crippen molar-refractivity contribution >= 4 is 11.6 Å². The number of halogens is 3. The van der Waals surface area contributed by atoms with Crippen LogP contribution < -0.4 is 4.90 Å². The van der Waals surface area contributed by atoms with Crippen molar-refractivity contribution < 1.29 is 22.7 Å². The molecule has 3 rings (SSSR count). The molecule has 0 fully saturated rings. The molecule has 29 heavy (non-hydrogen) atoms. The SMILES string of the molecule is CCCCC(CCC1c2ccccc2C(=O)N1c1cccc(C(F)(F)F)c1)OC. The van der Waals surface area contributed by atoms with Gasteiger partial charge in [-0.15, -0.1) is 0 Å². The summed E-state index contributed by atoms with van der Waals surface area (Å²) in [5.41, 5.74) is 0.932. The van der Waals surface area contributed by atoms with Crippen molar-refractivity contribution in [3.8, 4) is 0 Å². The highest BCUT2D eigenvalue weighted by Gasteiger charge is 2.38. The molecule has 1 aliphatic rings. The highest BCUT2D eigenvalue weighted by atomic mass is 19.4. The normalized spacial score (nSPS) is 17.5. The first-order valence-corrected chi connectivity index (χ1v) is 9.99. The van der Waals surface area contributed by atoms with Gasteiger partial charge >= 0.3 is 6.18 Å². The lowest BCUT2D eigenvalue weighted by atomic mass is 9.97. The van der Waals surface area contributed by atoms with Crippen molar-refractivity contribution in [2.24, 2.45) is 0 Å². The summed E-state index contributed by atoms with van der Waals surface area (Å²) in [5.74, 6) is -0.257. The largest absolute Gasteiger partial charge is 0.416 e. The van der Waals surface area contributed by atoms with Gasteiger partial charge in [-0.2, -0.15) is 13.2 Å². The average Bonchev–Trinajstić information content (AvgIpc) is 3.00. The van der Waals surface area contributed by atoms with Crippen molar-refractivity contribution in [3.63, 3.8) is 0 Å². The minimum absolute atomic E-state index is 0.0705. The minimum atomic E-state index is -4.46. The number of unbranched alkanes of at least 4 members (excludes halogenated alkanes) is 1. The Labute approximate surface area is 169 Å². The Morgan fingerprint density at radius 1 is 1.10 bits per heavy atom. The molecule has 0 N–H and O–H groups in total. The van der Waals surface area contributed by atoms with E-state index in [1.165, 1.54) is 11.0 Å². The maximum Gasteiger partial charge on any atom is 0.416 e. The number of hydrogen-bond acceptors (Lipinski definition) is 2. The first-order valence-electron chi connectivity index (χ1n) is 9.99. The molecule has 0 saturated heterocycles. The quantitative estimate of drug-likeness (QED) is 0.509. The number of carbonyl (C=O) groups excluding carboxylic acids is 1. The third-order valence-electron chi connectivity index (χ3n) is 5.51. The number of carbonyl (C=O) groups is 1. The van der Waals surface area contributed by atoms with Crippen LogP contribution in [0, 0.1) is 0 Å². The second-order valence-corrected chi connectivity index (χ2v) is 7.40. The number of alkyl halides is 3. The molecular weight excluding hydrogens is 379 g/mol. The maximum absolute atomic E-state index is 13.2. The molecule has 1 heterocycles. The predicted octanol–water partition coefficient (Wildman–Crippen LogP) is 6.39. The van der Waals surface area contributed by atoms with Gasteiger partial charge in [0.1, 0.15) is 0 Å². The number of fused-ring (bicyclic) bond motifs is 1. The molecule has 156 valence electrons. The van der Waals surface area contributed by atoms with Crippen LogP contribution in [-0.2, 0) is 10.9 Å². The molecule has 0 saturated carbocycles. The van der Waals surface area contributed by atoms with E-state index in [0.717, 1.165) is 43.4 Å². The molecule has 0 bridgehead atoms. The first-order chi connectivity index (χ1) is 13.9. The molecular formula is C23H26F3NO2. The van der Waals surface area contributed by atoms with Gasteiger partial charge in [-0.25, -0.2) is 0 Å². The summed E-state index contributed by atoms with van der Waals surface area (Å²) in [5, 5.41) is 0. The standard InChI is InChI=1S/C23H26F3NO2/c1-3-4-10-18(29-2)13-14-21-19-11-5-6-12-20(19)22(28)27(21)17-9-7-8-16(15-17)23(24,25)26/h5-9,11-12,15,18,21H,3-4,10,13-14H2,1-2H3. The van der Waals surface area contributed by atoms with E-state index in [9.17, 15) is 18.0 Å². The smallest absolute Gasteiger partial charge is 0.381 e. The van der Waals surface area contributed by atoms with E-state index in [-0.39, 0.29) is 23.7 Å². The molecule has 0 aliphatic carbocycles. The van der Waals surface area contributed by atoms with Crippen LogP contribution in [0.25, 0.3) is 0 Å². The summed E-state index contributed by atoms with van der Waals surface area (Å²) in [6, 6.07) is 12.0. The summed E-state index contributed by atoms with van der Waals surface area (Å²) >= 11 is 0. The van der Waals surface area contributed by atoms with Gasteiger partial charge in [0.05, 0.1) is 17.7 Å². The summed E-state index contributed by atoms with van der Waals surface area (Å²) < 4.78 is 45.2. The molecule has 6 heteroatoms. The Balaban J connectivity index is 1.91. The fraction of sp³-hybridized carbons (Fsp3) is 0.435. The highest BCUT2D eigenvalue weighted by molar-refractivity contribution is 6.11. The average molecular weight is 405 g/mol. The van der Waals surface area contributed by atoms with E-state index >= 15 is 0 Å². The molecule has 0 aromatic heterocycles. The Bertz CT molecular complexity index is 850. The van der Waals surface area contributed by atoms with Crippen LogP contribution >= 0.6 is 0 Å². The van der Waals surface area contributed by atoms with Crippen molar-refractivity contribution in [2.75, 3.05) is 12.0 Å². The van der Waals surface area contributed by atoms with E-state index in [4.69, 9.17) is 4.74 Å². The number of amides is 1. The molecule has 2 aromatic carbocycles. The lowest BCUT2D eigenvalue weighted by Crippen LogP contribution is -2.29. The molecule has 2 unspecified atom stereocenters. The summed E-state index contributed by atoms with van der Waals surface area (Å²) in [6.45, 7) is 2.12. The second kappa shape index (κ2) is 8.99. The van der Waals surface area contributed by atoms with E-state index < -0.39 is 11.7 Å². The van der Waals surface area contributed by atoms with Gasteiger partial charge in [-0.1, -0.05) is 44.0 Å². The Hall–Kier alpha value is -2.34. The predicted molar refractivity (Wildman–Crippen MR) is 107 cm³/mol. The lowest BCUT2D eigenvalue weighted by molar-refractivity contribution is -0.137. The zero-order valence-electron chi connectivity index (χ0n) is 16.7. The molecule has 0 radical (unpaired) electrons. The van der Waals surface area contributed by atoms with Gasteiger partial charge in [0.2, 0.25) is 0 Å². The van der Waals surface area contributed by atoms with E-state index in [2.05, 4.69) is 6.92 Å². The number of methoxy groups -OCH3 is 1. The Kier molecular flexibility index (Phi) is 6.63. The zero-order valence-corrected chi connectivity index (χ0v) is 16.7. The van der Waals surface area contributed by atoms with E-state index in [1.54, 1.807) is 25.3 Å². The van der Waals surface area contributed by atoms with E-state index in [1.807, 2.05) is 12.1 Å². The highest BCUT2D eigenvalue weighted by Crippen LogP contribution is 2.42. The summed E-state index contributed by atoms with van der Waals surface area (Å²) in [6.07, 6.45) is 0.0266. The number of benzene rings is 2.